The topological polar surface area (TPSA) is 116 Å². The molecular formula is C34H31F3N8O2S. The monoisotopic (exact) mass is 672 g/mol. The summed E-state index contributed by atoms with van der Waals surface area (Å²) in [4.78, 5) is 30.6. The quantitative estimate of drug-likeness (QED) is 0.189. The summed E-state index contributed by atoms with van der Waals surface area (Å²) in [5.74, 6) is -1.41. The number of fused-ring (bicyclic) bond motifs is 3. The number of nitrogen functional groups attached to an aromatic ring is 1. The largest absolute Gasteiger partial charge is 0.461 e. The number of ether oxygens (including phenoxy) is 1. The Labute approximate surface area is 278 Å². The first kappa shape index (κ1) is 31.7. The number of amides is 1. The van der Waals surface area contributed by atoms with Crippen LogP contribution < -0.4 is 15.4 Å². The summed E-state index contributed by atoms with van der Waals surface area (Å²) < 4.78 is 52.8. The standard InChI is InChI=1S/C34H31F3N8O2S/c1-4-24(46)44-11-8-20(16-44)43(3)32-22-12-18(14-38)25(21-6-7-23(36)30-26(21)29(40-2)31(39)48-30)27(37)28(22)41-33(42-32)47-17-34-9-5-10-45(34)15-19(35)13-34/h4,6-7,12,19-20H,1,5,8-11,13,15-17,39H2,3H3. The van der Waals surface area contributed by atoms with Crippen LogP contribution in [0.25, 0.3) is 37.0 Å². The van der Waals surface area contributed by atoms with E-state index >= 15 is 4.39 Å². The van der Waals surface area contributed by atoms with Crippen LogP contribution in [0.1, 0.15) is 31.2 Å². The van der Waals surface area contributed by atoms with Crippen LogP contribution in [0.4, 0.5) is 29.7 Å². The summed E-state index contributed by atoms with van der Waals surface area (Å²) in [5.41, 5.74) is 5.28. The Morgan fingerprint density at radius 3 is 2.92 bits per heavy atom. The van der Waals surface area contributed by atoms with E-state index in [2.05, 4.69) is 27.4 Å². The Morgan fingerprint density at radius 1 is 1.35 bits per heavy atom. The lowest BCUT2D eigenvalue weighted by molar-refractivity contribution is -0.125. The van der Waals surface area contributed by atoms with E-state index in [1.165, 1.54) is 18.2 Å². The number of nitrogens with two attached hydrogens (primary N) is 1. The van der Waals surface area contributed by atoms with E-state index in [1.807, 2.05) is 4.90 Å². The van der Waals surface area contributed by atoms with Crippen LogP contribution in [0.15, 0.2) is 30.9 Å². The number of nitrogens with zero attached hydrogens (tertiary/aromatic N) is 7. The first-order valence-electron chi connectivity index (χ1n) is 15.6. The molecular weight excluding hydrogens is 641 g/mol. The summed E-state index contributed by atoms with van der Waals surface area (Å²) in [6, 6.07) is 5.72. The van der Waals surface area contributed by atoms with Gasteiger partial charge in [0.25, 0.3) is 0 Å². The molecule has 0 radical (unpaired) electrons. The number of carbonyl (C=O) groups is 1. The predicted molar refractivity (Wildman–Crippen MR) is 178 cm³/mol. The molecule has 14 heteroatoms. The number of likely N-dealkylation sites (tertiary alicyclic amines) is 1. The second kappa shape index (κ2) is 12.0. The van der Waals surface area contributed by atoms with Gasteiger partial charge in [-0.25, -0.2) is 18.0 Å². The smallest absolute Gasteiger partial charge is 0.319 e. The van der Waals surface area contributed by atoms with Crippen LogP contribution in [-0.4, -0.2) is 83.3 Å². The predicted octanol–water partition coefficient (Wildman–Crippen LogP) is 5.97. The fourth-order valence-corrected chi connectivity index (χ4v) is 8.52. The van der Waals surface area contributed by atoms with Crippen molar-refractivity contribution in [2.24, 2.45) is 0 Å². The third-order valence-electron chi connectivity index (χ3n) is 9.95. The molecule has 48 heavy (non-hydrogen) atoms. The average Bonchev–Trinajstić information content (AvgIpc) is 3.86. The van der Waals surface area contributed by atoms with Crippen LogP contribution >= 0.6 is 11.3 Å². The first-order valence-corrected chi connectivity index (χ1v) is 16.4. The van der Waals surface area contributed by atoms with Gasteiger partial charge in [0.15, 0.2) is 5.82 Å². The van der Waals surface area contributed by atoms with E-state index in [1.54, 1.807) is 11.9 Å². The summed E-state index contributed by atoms with van der Waals surface area (Å²) in [5, 5.41) is 10.7. The minimum absolute atomic E-state index is 0.0250. The van der Waals surface area contributed by atoms with Gasteiger partial charge in [0.1, 0.15) is 29.9 Å². The molecule has 0 saturated carbocycles. The number of hydrogen-bond donors (Lipinski definition) is 1. The van der Waals surface area contributed by atoms with Gasteiger partial charge in [0, 0.05) is 55.5 Å². The highest BCUT2D eigenvalue weighted by molar-refractivity contribution is 7.23. The number of anilines is 2. The number of thiophene rings is 1. The van der Waals surface area contributed by atoms with E-state index in [4.69, 9.17) is 22.0 Å². The number of rotatable bonds is 7. The van der Waals surface area contributed by atoms with Crippen molar-refractivity contribution in [3.8, 4) is 23.2 Å². The van der Waals surface area contributed by atoms with Gasteiger partial charge in [-0.15, -0.1) is 11.3 Å². The van der Waals surface area contributed by atoms with Crippen LogP contribution in [0.5, 0.6) is 6.01 Å². The molecule has 3 saturated heterocycles. The molecule has 3 unspecified atom stereocenters. The molecule has 3 atom stereocenters. The molecule has 2 aromatic carbocycles. The van der Waals surface area contributed by atoms with Crippen molar-refractivity contribution in [1.82, 2.24) is 19.8 Å². The van der Waals surface area contributed by atoms with E-state index in [9.17, 15) is 18.8 Å². The van der Waals surface area contributed by atoms with Crippen LogP contribution in [0, 0.1) is 29.5 Å². The van der Waals surface area contributed by atoms with Crippen molar-refractivity contribution in [3.63, 3.8) is 0 Å². The molecule has 2 aromatic heterocycles. The van der Waals surface area contributed by atoms with Gasteiger partial charge in [0.2, 0.25) is 11.6 Å². The van der Waals surface area contributed by atoms with Gasteiger partial charge in [-0.3, -0.25) is 9.69 Å². The minimum Gasteiger partial charge on any atom is -0.461 e. The zero-order valence-electron chi connectivity index (χ0n) is 26.1. The molecule has 3 aliphatic rings. The lowest BCUT2D eigenvalue weighted by atomic mass is 9.94. The van der Waals surface area contributed by atoms with E-state index in [0.717, 1.165) is 36.8 Å². The highest BCUT2D eigenvalue weighted by Crippen LogP contribution is 2.48. The third kappa shape index (κ3) is 4.98. The fourth-order valence-electron chi connectivity index (χ4n) is 7.58. The van der Waals surface area contributed by atoms with Gasteiger partial charge >= 0.3 is 6.01 Å². The first-order chi connectivity index (χ1) is 23.1. The highest BCUT2D eigenvalue weighted by atomic mass is 32.1. The summed E-state index contributed by atoms with van der Waals surface area (Å²) in [6.07, 6.45) is 2.87. The molecule has 0 aliphatic carbocycles. The van der Waals surface area contributed by atoms with Crippen molar-refractivity contribution in [3.05, 3.63) is 59.5 Å². The molecule has 4 aromatic rings. The molecule has 3 fully saturated rings. The van der Waals surface area contributed by atoms with E-state index in [0.29, 0.717) is 32.5 Å². The molecule has 0 spiro atoms. The molecule has 7 rings (SSSR count). The van der Waals surface area contributed by atoms with Crippen molar-refractivity contribution in [1.29, 1.82) is 5.26 Å². The zero-order chi connectivity index (χ0) is 33.9. The summed E-state index contributed by atoms with van der Waals surface area (Å²) in [7, 11) is 1.78. The molecule has 10 nitrogen and oxygen atoms in total. The van der Waals surface area contributed by atoms with Gasteiger partial charge < -0.3 is 20.3 Å². The van der Waals surface area contributed by atoms with Gasteiger partial charge in [0.05, 0.1) is 33.4 Å². The van der Waals surface area contributed by atoms with Gasteiger partial charge in [-0.1, -0.05) is 12.6 Å². The molecule has 246 valence electrons. The number of alkyl halides is 1. The normalized spacial score (nSPS) is 22.2. The maximum absolute atomic E-state index is 17.1. The average molecular weight is 673 g/mol. The Bertz CT molecular complexity index is 2090. The maximum Gasteiger partial charge on any atom is 0.319 e. The van der Waals surface area contributed by atoms with Crippen LogP contribution in [0.2, 0.25) is 0 Å². The van der Waals surface area contributed by atoms with Crippen LogP contribution in [0.3, 0.4) is 0 Å². The fraction of sp³-hybridized carbons (Fsp3) is 0.382. The summed E-state index contributed by atoms with van der Waals surface area (Å²) >= 11 is 0.881. The third-order valence-corrected chi connectivity index (χ3v) is 11.0. The molecule has 0 bridgehead atoms. The van der Waals surface area contributed by atoms with Crippen LogP contribution in [-0.2, 0) is 4.79 Å². The maximum atomic E-state index is 17.1. The van der Waals surface area contributed by atoms with Gasteiger partial charge in [-0.05, 0) is 49.6 Å². The lowest BCUT2D eigenvalue weighted by Crippen LogP contribution is -2.43. The van der Waals surface area contributed by atoms with Crippen molar-refractivity contribution >= 4 is 54.7 Å². The Hall–Kier alpha value is -4.92. The minimum atomic E-state index is -0.972. The Kier molecular flexibility index (Phi) is 7.89. The van der Waals surface area contributed by atoms with E-state index in [-0.39, 0.29) is 78.8 Å². The van der Waals surface area contributed by atoms with Crippen molar-refractivity contribution in [2.45, 2.75) is 43.4 Å². The highest BCUT2D eigenvalue weighted by Gasteiger charge is 2.49. The van der Waals surface area contributed by atoms with Crippen molar-refractivity contribution < 1.29 is 22.7 Å². The number of nitriles is 1. The zero-order valence-corrected chi connectivity index (χ0v) is 26.9. The number of carbonyl (C=O) groups excluding carboxylic acids is 1. The van der Waals surface area contributed by atoms with Gasteiger partial charge in [-0.2, -0.15) is 15.2 Å². The summed E-state index contributed by atoms with van der Waals surface area (Å²) in [6.45, 7) is 13.3. The molecule has 1 amide bonds. The van der Waals surface area contributed by atoms with E-state index < -0.39 is 23.3 Å². The number of hydrogen-bond acceptors (Lipinski definition) is 9. The second-order valence-electron chi connectivity index (χ2n) is 12.6. The lowest BCUT2D eigenvalue weighted by Gasteiger charge is -2.31. The number of aromatic nitrogens is 2. The molecule has 5 heterocycles. The second-order valence-corrected chi connectivity index (χ2v) is 13.6. The Balaban J connectivity index is 1.40. The Morgan fingerprint density at radius 2 is 2.17 bits per heavy atom. The number of halogens is 3. The molecule has 3 aliphatic heterocycles. The number of benzene rings is 2. The molecule has 2 N–H and O–H groups in total. The number of likely N-dealkylation sites (N-methyl/N-ethyl adjacent to an activating group) is 1. The van der Waals surface area contributed by atoms with Crippen molar-refractivity contribution in [2.75, 3.05) is 50.5 Å². The SMILES string of the molecule is [C-]#[N+]c1c(N)sc2c(F)ccc(-c3c(C#N)cc4c(N(C)C5CCN(C(=O)C=C)C5)nc(OCC56CCCN5CC(F)C6)nc4c3F)c12.